The van der Waals surface area contributed by atoms with Crippen LogP contribution in [0.25, 0.3) is 12.2 Å². The van der Waals surface area contributed by atoms with Crippen LogP contribution in [0.15, 0.2) is 48.4 Å². The van der Waals surface area contributed by atoms with Crippen LogP contribution in [0.2, 0.25) is 0 Å². The quantitative estimate of drug-likeness (QED) is 0.617. The number of anilines is 1. The van der Waals surface area contributed by atoms with Gasteiger partial charge in [0.25, 0.3) is 10.0 Å². The first-order valence-electron chi connectivity index (χ1n) is 7.15. The average Bonchev–Trinajstić information content (AvgIpc) is 2.56. The SMILES string of the molecule is C=CS(=O)(=O)Nc1cc(/C=C/c2ccc(C)cc2)cc(OC)c1O. The molecule has 24 heavy (non-hydrogen) atoms. The van der Waals surface area contributed by atoms with E-state index in [4.69, 9.17) is 4.74 Å². The fourth-order valence-electron chi connectivity index (χ4n) is 2.02. The van der Waals surface area contributed by atoms with Crippen LogP contribution >= 0.6 is 0 Å². The van der Waals surface area contributed by atoms with Crippen molar-refractivity contribution in [1.29, 1.82) is 0 Å². The van der Waals surface area contributed by atoms with Gasteiger partial charge in [-0.15, -0.1) is 0 Å². The van der Waals surface area contributed by atoms with Crippen LogP contribution in [0.3, 0.4) is 0 Å². The molecule has 0 bridgehead atoms. The van der Waals surface area contributed by atoms with Crippen LogP contribution in [0.5, 0.6) is 11.5 Å². The molecule has 0 fully saturated rings. The minimum Gasteiger partial charge on any atom is -0.503 e. The summed E-state index contributed by atoms with van der Waals surface area (Å²) < 4.78 is 30.6. The van der Waals surface area contributed by atoms with E-state index >= 15 is 0 Å². The van der Waals surface area contributed by atoms with Gasteiger partial charge >= 0.3 is 0 Å². The Morgan fingerprint density at radius 1 is 1.12 bits per heavy atom. The number of phenols is 1. The van der Waals surface area contributed by atoms with Gasteiger partial charge in [-0.3, -0.25) is 4.72 Å². The number of benzene rings is 2. The number of methoxy groups -OCH3 is 1. The molecule has 126 valence electrons. The zero-order valence-electron chi connectivity index (χ0n) is 13.5. The maximum absolute atomic E-state index is 11.6. The van der Waals surface area contributed by atoms with Crippen molar-refractivity contribution in [3.05, 3.63) is 65.1 Å². The molecule has 2 rings (SSSR count). The van der Waals surface area contributed by atoms with Gasteiger partial charge in [0.15, 0.2) is 11.5 Å². The first kappa shape index (κ1) is 17.6. The lowest BCUT2D eigenvalue weighted by Gasteiger charge is -2.11. The molecule has 0 unspecified atom stereocenters. The van der Waals surface area contributed by atoms with Crippen molar-refractivity contribution >= 4 is 27.9 Å². The third kappa shape index (κ3) is 4.39. The second kappa shape index (κ2) is 7.23. The summed E-state index contributed by atoms with van der Waals surface area (Å²) in [4.78, 5) is 0. The fourth-order valence-corrected chi connectivity index (χ4v) is 2.57. The van der Waals surface area contributed by atoms with E-state index in [9.17, 15) is 13.5 Å². The Labute approximate surface area is 142 Å². The Kier molecular flexibility index (Phi) is 5.31. The molecule has 0 aliphatic rings. The third-order valence-corrected chi connectivity index (χ3v) is 4.28. The molecular formula is C18H19NO4S. The number of nitrogens with one attached hydrogen (secondary N) is 1. The monoisotopic (exact) mass is 345 g/mol. The summed E-state index contributed by atoms with van der Waals surface area (Å²) in [6, 6.07) is 11.1. The second-order valence-corrected chi connectivity index (χ2v) is 6.80. The molecule has 0 atom stereocenters. The summed E-state index contributed by atoms with van der Waals surface area (Å²) >= 11 is 0. The van der Waals surface area contributed by atoms with E-state index in [0.717, 1.165) is 11.0 Å². The van der Waals surface area contributed by atoms with Gasteiger partial charge in [0.2, 0.25) is 0 Å². The molecule has 0 saturated carbocycles. The molecule has 0 saturated heterocycles. The summed E-state index contributed by atoms with van der Waals surface area (Å²) in [6.45, 7) is 5.24. The molecule has 5 nitrogen and oxygen atoms in total. The van der Waals surface area contributed by atoms with Crippen LogP contribution in [0.4, 0.5) is 5.69 Å². The number of hydrogen-bond acceptors (Lipinski definition) is 4. The van der Waals surface area contributed by atoms with Crippen LogP contribution in [-0.4, -0.2) is 20.6 Å². The van der Waals surface area contributed by atoms with E-state index in [1.54, 1.807) is 12.1 Å². The number of phenolic OH excluding ortho intramolecular Hbond substituents is 1. The van der Waals surface area contributed by atoms with Gasteiger partial charge in [-0.1, -0.05) is 48.6 Å². The molecule has 6 heteroatoms. The summed E-state index contributed by atoms with van der Waals surface area (Å²) in [7, 11) is -2.34. The molecule has 0 aromatic heterocycles. The van der Waals surface area contributed by atoms with Crippen molar-refractivity contribution < 1.29 is 18.3 Å². The maximum Gasteiger partial charge on any atom is 0.254 e. The van der Waals surface area contributed by atoms with Crippen molar-refractivity contribution in [1.82, 2.24) is 0 Å². The summed E-state index contributed by atoms with van der Waals surface area (Å²) in [5.74, 6) is -0.113. The van der Waals surface area contributed by atoms with Gasteiger partial charge in [-0.2, -0.15) is 0 Å². The highest BCUT2D eigenvalue weighted by Crippen LogP contribution is 2.36. The number of hydrogen-bond donors (Lipinski definition) is 2. The third-order valence-electron chi connectivity index (χ3n) is 3.33. The molecule has 0 radical (unpaired) electrons. The van der Waals surface area contributed by atoms with E-state index in [-0.39, 0.29) is 17.2 Å². The Hall–Kier alpha value is -2.73. The molecule has 0 heterocycles. The van der Waals surface area contributed by atoms with Crippen molar-refractivity contribution in [2.24, 2.45) is 0 Å². The molecule has 2 aromatic rings. The van der Waals surface area contributed by atoms with Crippen molar-refractivity contribution in [3.8, 4) is 11.5 Å². The lowest BCUT2D eigenvalue weighted by Crippen LogP contribution is -2.09. The molecule has 0 aliphatic heterocycles. The molecule has 2 aromatic carbocycles. The fraction of sp³-hybridized carbons (Fsp3) is 0.111. The second-order valence-electron chi connectivity index (χ2n) is 5.18. The van der Waals surface area contributed by atoms with Gasteiger partial charge in [-0.25, -0.2) is 8.42 Å². The van der Waals surface area contributed by atoms with Gasteiger partial charge in [0.1, 0.15) is 0 Å². The van der Waals surface area contributed by atoms with Crippen LogP contribution in [0, 0.1) is 6.92 Å². The summed E-state index contributed by atoms with van der Waals surface area (Å²) in [6.07, 6.45) is 3.69. The maximum atomic E-state index is 11.6. The molecule has 0 spiro atoms. The normalized spacial score (nSPS) is 11.4. The Morgan fingerprint density at radius 3 is 2.33 bits per heavy atom. The zero-order valence-corrected chi connectivity index (χ0v) is 14.3. The average molecular weight is 345 g/mol. The smallest absolute Gasteiger partial charge is 0.254 e. The summed E-state index contributed by atoms with van der Waals surface area (Å²) in [5.41, 5.74) is 2.87. The Morgan fingerprint density at radius 2 is 1.75 bits per heavy atom. The van der Waals surface area contributed by atoms with E-state index in [1.807, 2.05) is 37.3 Å². The Bertz CT molecular complexity index is 869. The molecule has 0 aliphatic carbocycles. The van der Waals surface area contributed by atoms with Crippen molar-refractivity contribution in [2.45, 2.75) is 6.92 Å². The highest BCUT2D eigenvalue weighted by Gasteiger charge is 2.14. The largest absolute Gasteiger partial charge is 0.503 e. The van der Waals surface area contributed by atoms with Crippen molar-refractivity contribution in [3.63, 3.8) is 0 Å². The topological polar surface area (TPSA) is 75.6 Å². The van der Waals surface area contributed by atoms with E-state index in [0.29, 0.717) is 5.56 Å². The van der Waals surface area contributed by atoms with E-state index in [2.05, 4.69) is 11.3 Å². The van der Waals surface area contributed by atoms with E-state index in [1.165, 1.54) is 18.7 Å². The highest BCUT2D eigenvalue weighted by molar-refractivity contribution is 7.95. The number of aromatic hydroxyl groups is 1. The number of aryl methyl sites for hydroxylation is 1. The number of sulfonamides is 1. The van der Waals surface area contributed by atoms with Crippen LogP contribution in [-0.2, 0) is 10.0 Å². The van der Waals surface area contributed by atoms with Crippen molar-refractivity contribution in [2.75, 3.05) is 11.8 Å². The van der Waals surface area contributed by atoms with Gasteiger partial charge < -0.3 is 9.84 Å². The number of ether oxygens (including phenoxy) is 1. The van der Waals surface area contributed by atoms with Gasteiger partial charge in [0.05, 0.1) is 12.8 Å². The predicted octanol–water partition coefficient (Wildman–Crippen LogP) is 3.76. The Balaban J connectivity index is 2.39. The van der Waals surface area contributed by atoms with E-state index < -0.39 is 10.0 Å². The lowest BCUT2D eigenvalue weighted by atomic mass is 10.1. The standard InChI is InChI=1S/C18H19NO4S/c1-4-24(21,22)19-16-11-15(12-17(23-3)18(16)20)10-9-14-7-5-13(2)6-8-14/h4-12,19-20H,1H2,2-3H3/b10-9+. The first-order valence-corrected chi connectivity index (χ1v) is 8.70. The zero-order chi connectivity index (χ0) is 17.7. The lowest BCUT2D eigenvalue weighted by molar-refractivity contribution is 0.374. The van der Waals surface area contributed by atoms with Crippen LogP contribution < -0.4 is 9.46 Å². The predicted molar refractivity (Wildman–Crippen MR) is 97.5 cm³/mol. The molecule has 0 amide bonds. The first-order chi connectivity index (χ1) is 11.3. The van der Waals surface area contributed by atoms with Crippen LogP contribution in [0.1, 0.15) is 16.7 Å². The summed E-state index contributed by atoms with van der Waals surface area (Å²) in [5, 5.41) is 10.8. The number of rotatable bonds is 6. The minimum atomic E-state index is -3.73. The van der Waals surface area contributed by atoms with Gasteiger partial charge in [0, 0.05) is 5.41 Å². The van der Waals surface area contributed by atoms with Gasteiger partial charge in [-0.05, 0) is 30.2 Å². The minimum absolute atomic E-state index is 0.0257. The highest BCUT2D eigenvalue weighted by atomic mass is 32.2. The molecular weight excluding hydrogens is 326 g/mol. The molecule has 2 N–H and O–H groups in total.